The van der Waals surface area contributed by atoms with E-state index in [1.54, 1.807) is 0 Å². The lowest BCUT2D eigenvalue weighted by Gasteiger charge is -2.38. The first-order valence-electron chi connectivity index (χ1n) is 14.2. The molecule has 1 aliphatic heterocycles. The standard InChI is InChI=1S/C32H46N2O2/c1-22-27(29(35)33-19-31(5)20-36-21-31)17-28(34(22)18-23-10-8-7-9-11-23)24-14-25(30(2,3)4)16-26(15-24)32(6)12-13-32/h14-17,23H,7-13,18-21H2,1-6H3,(H,33,35). The first kappa shape index (κ1) is 25.6. The van der Waals surface area contributed by atoms with Crippen molar-refractivity contribution in [2.24, 2.45) is 11.3 Å². The van der Waals surface area contributed by atoms with Crippen LogP contribution in [0.2, 0.25) is 0 Å². The molecule has 5 rings (SSSR count). The number of ether oxygens (including phenoxy) is 1. The first-order chi connectivity index (χ1) is 17.0. The molecule has 0 atom stereocenters. The normalized spacial score (nSPS) is 21.2. The summed E-state index contributed by atoms with van der Waals surface area (Å²) < 4.78 is 7.86. The van der Waals surface area contributed by atoms with Crippen molar-refractivity contribution in [1.82, 2.24) is 9.88 Å². The number of rotatable bonds is 7. The molecule has 1 N–H and O–H groups in total. The van der Waals surface area contributed by atoms with E-state index in [1.165, 1.54) is 67.3 Å². The molecule has 0 bridgehead atoms. The number of amides is 1. The van der Waals surface area contributed by atoms with Gasteiger partial charge in [-0.1, -0.05) is 59.9 Å². The van der Waals surface area contributed by atoms with Crippen LogP contribution in [0.1, 0.15) is 107 Å². The number of nitrogens with zero attached hydrogens (tertiary/aromatic N) is 1. The van der Waals surface area contributed by atoms with E-state index in [2.05, 4.69) is 75.7 Å². The number of carbonyl (C=O) groups excluding carboxylic acids is 1. The summed E-state index contributed by atoms with van der Waals surface area (Å²) in [7, 11) is 0. The number of nitrogens with one attached hydrogen (secondary N) is 1. The van der Waals surface area contributed by atoms with Crippen molar-refractivity contribution in [3.63, 3.8) is 0 Å². The van der Waals surface area contributed by atoms with Crippen molar-refractivity contribution in [3.8, 4) is 11.3 Å². The van der Waals surface area contributed by atoms with Crippen molar-refractivity contribution in [1.29, 1.82) is 0 Å². The van der Waals surface area contributed by atoms with Crippen LogP contribution in [-0.4, -0.2) is 30.2 Å². The monoisotopic (exact) mass is 490 g/mol. The van der Waals surface area contributed by atoms with E-state index in [9.17, 15) is 4.79 Å². The molecule has 3 aliphatic rings. The molecular weight excluding hydrogens is 444 g/mol. The Morgan fingerprint density at radius 1 is 1.06 bits per heavy atom. The summed E-state index contributed by atoms with van der Waals surface area (Å²) >= 11 is 0. The SMILES string of the molecule is Cc1c(C(=O)NCC2(C)COC2)cc(-c2cc(C(C)(C)C)cc(C3(C)CC3)c2)n1CC1CCCCC1. The van der Waals surface area contributed by atoms with Crippen molar-refractivity contribution in [2.45, 2.75) is 104 Å². The van der Waals surface area contributed by atoms with Gasteiger partial charge in [0.1, 0.15) is 0 Å². The number of aromatic nitrogens is 1. The van der Waals surface area contributed by atoms with Crippen LogP contribution in [0.5, 0.6) is 0 Å². The molecular formula is C32H46N2O2. The van der Waals surface area contributed by atoms with Crippen LogP contribution >= 0.6 is 0 Å². The van der Waals surface area contributed by atoms with E-state index in [4.69, 9.17) is 4.74 Å². The van der Waals surface area contributed by atoms with Crippen molar-refractivity contribution >= 4 is 5.91 Å². The number of hydrogen-bond acceptors (Lipinski definition) is 2. The fraction of sp³-hybridized carbons (Fsp3) is 0.656. The summed E-state index contributed by atoms with van der Waals surface area (Å²) in [6.45, 7) is 16.8. The topological polar surface area (TPSA) is 43.3 Å². The van der Waals surface area contributed by atoms with Crippen molar-refractivity contribution < 1.29 is 9.53 Å². The highest BCUT2D eigenvalue weighted by Crippen LogP contribution is 2.49. The zero-order chi connectivity index (χ0) is 25.7. The molecule has 0 unspecified atom stereocenters. The van der Waals surface area contributed by atoms with Gasteiger partial charge in [0.05, 0.1) is 18.8 Å². The molecule has 1 amide bonds. The molecule has 2 saturated carbocycles. The second-order valence-corrected chi connectivity index (χ2v) is 13.7. The van der Waals surface area contributed by atoms with E-state index in [0.717, 1.165) is 31.0 Å². The third kappa shape index (κ3) is 5.16. The minimum atomic E-state index is 0.0469. The molecule has 1 aromatic carbocycles. The smallest absolute Gasteiger partial charge is 0.253 e. The minimum absolute atomic E-state index is 0.0469. The Balaban J connectivity index is 1.55. The molecule has 2 aliphatic carbocycles. The molecule has 3 fully saturated rings. The van der Waals surface area contributed by atoms with Gasteiger partial charge in [-0.3, -0.25) is 4.79 Å². The molecule has 4 heteroatoms. The summed E-state index contributed by atoms with van der Waals surface area (Å²) in [5, 5.41) is 3.23. The Labute approximate surface area is 218 Å². The number of carbonyl (C=O) groups is 1. The Morgan fingerprint density at radius 2 is 1.75 bits per heavy atom. The highest BCUT2D eigenvalue weighted by atomic mass is 16.5. The maximum absolute atomic E-state index is 13.4. The zero-order valence-electron chi connectivity index (χ0n) is 23.4. The average Bonchev–Trinajstić information content (AvgIpc) is 3.50. The maximum atomic E-state index is 13.4. The van der Waals surface area contributed by atoms with Gasteiger partial charge in [0.2, 0.25) is 0 Å². The Hall–Kier alpha value is -2.07. The first-order valence-corrected chi connectivity index (χ1v) is 14.2. The van der Waals surface area contributed by atoms with Gasteiger partial charge in [-0.15, -0.1) is 0 Å². The summed E-state index contributed by atoms with van der Waals surface area (Å²) in [5.41, 5.74) is 7.67. The van der Waals surface area contributed by atoms with Crippen LogP contribution in [-0.2, 0) is 22.1 Å². The number of hydrogen-bond donors (Lipinski definition) is 1. The molecule has 2 aromatic rings. The lowest BCUT2D eigenvalue weighted by Crippen LogP contribution is -2.48. The van der Waals surface area contributed by atoms with Crippen LogP contribution in [0, 0.1) is 18.3 Å². The van der Waals surface area contributed by atoms with Crippen LogP contribution in [0.3, 0.4) is 0 Å². The molecule has 0 spiro atoms. The summed E-state index contributed by atoms with van der Waals surface area (Å²) in [6.07, 6.45) is 9.13. The van der Waals surface area contributed by atoms with E-state index in [0.29, 0.717) is 17.9 Å². The average molecular weight is 491 g/mol. The summed E-state index contributed by atoms with van der Waals surface area (Å²) in [4.78, 5) is 13.4. The second-order valence-electron chi connectivity index (χ2n) is 13.7. The van der Waals surface area contributed by atoms with Crippen molar-refractivity contribution in [3.05, 3.63) is 46.6 Å². The predicted molar refractivity (Wildman–Crippen MR) is 148 cm³/mol. The minimum Gasteiger partial charge on any atom is -0.380 e. The van der Waals surface area contributed by atoms with Crippen LogP contribution < -0.4 is 5.32 Å². The lowest BCUT2D eigenvalue weighted by molar-refractivity contribution is -0.0978. The maximum Gasteiger partial charge on any atom is 0.253 e. The number of benzene rings is 1. The van der Waals surface area contributed by atoms with Crippen LogP contribution in [0.15, 0.2) is 24.3 Å². The van der Waals surface area contributed by atoms with E-state index in [-0.39, 0.29) is 16.7 Å². The van der Waals surface area contributed by atoms with Gasteiger partial charge in [-0.25, -0.2) is 0 Å². The van der Waals surface area contributed by atoms with Gasteiger partial charge in [0.15, 0.2) is 0 Å². The Kier molecular flexibility index (Phi) is 6.64. The second kappa shape index (κ2) is 9.35. The largest absolute Gasteiger partial charge is 0.380 e. The van der Waals surface area contributed by atoms with E-state index in [1.807, 2.05) is 0 Å². The third-order valence-electron chi connectivity index (χ3n) is 9.15. The highest BCUT2D eigenvalue weighted by molar-refractivity contribution is 5.97. The molecule has 1 saturated heterocycles. The van der Waals surface area contributed by atoms with Gasteiger partial charge in [-0.05, 0) is 84.2 Å². The van der Waals surface area contributed by atoms with Crippen molar-refractivity contribution in [2.75, 3.05) is 19.8 Å². The quantitative estimate of drug-likeness (QED) is 0.447. The molecule has 1 aromatic heterocycles. The summed E-state index contributed by atoms with van der Waals surface area (Å²) in [6, 6.07) is 9.42. The van der Waals surface area contributed by atoms with E-state index < -0.39 is 0 Å². The van der Waals surface area contributed by atoms with Gasteiger partial charge >= 0.3 is 0 Å². The zero-order valence-corrected chi connectivity index (χ0v) is 23.4. The fourth-order valence-corrected chi connectivity index (χ4v) is 5.95. The molecule has 2 heterocycles. The Bertz CT molecular complexity index is 1100. The van der Waals surface area contributed by atoms with Crippen LogP contribution in [0.25, 0.3) is 11.3 Å². The van der Waals surface area contributed by atoms with Gasteiger partial charge in [0.25, 0.3) is 5.91 Å². The van der Waals surface area contributed by atoms with E-state index >= 15 is 0 Å². The fourth-order valence-electron chi connectivity index (χ4n) is 5.95. The molecule has 0 radical (unpaired) electrons. The highest BCUT2D eigenvalue weighted by Gasteiger charge is 2.40. The Morgan fingerprint density at radius 3 is 2.33 bits per heavy atom. The summed E-state index contributed by atoms with van der Waals surface area (Å²) in [5.74, 6) is 0.738. The third-order valence-corrected chi connectivity index (χ3v) is 9.15. The predicted octanol–water partition coefficient (Wildman–Crippen LogP) is 7.16. The molecule has 36 heavy (non-hydrogen) atoms. The van der Waals surface area contributed by atoms with Gasteiger partial charge in [0, 0.05) is 29.9 Å². The molecule has 4 nitrogen and oxygen atoms in total. The van der Waals surface area contributed by atoms with Crippen LogP contribution in [0.4, 0.5) is 0 Å². The van der Waals surface area contributed by atoms with Gasteiger partial charge < -0.3 is 14.6 Å². The molecule has 196 valence electrons. The van der Waals surface area contributed by atoms with Gasteiger partial charge in [-0.2, -0.15) is 0 Å². The lowest BCUT2D eigenvalue weighted by atomic mass is 9.82.